The Morgan fingerprint density at radius 2 is 1.20 bits per heavy atom. The lowest BCUT2D eigenvalue weighted by Gasteiger charge is -1.92. The van der Waals surface area contributed by atoms with Crippen LogP contribution < -0.4 is 0 Å². The number of nitrogens with zero attached hydrogens (tertiary/aromatic N) is 2. The Hall–Kier alpha value is -2.16. The average molecular weight is 199 g/mol. The van der Waals surface area contributed by atoms with Crippen molar-refractivity contribution in [2.24, 2.45) is 10.2 Å². The van der Waals surface area contributed by atoms with Crippen molar-refractivity contribution in [3.63, 3.8) is 0 Å². The van der Waals surface area contributed by atoms with Crippen molar-refractivity contribution >= 4 is 11.4 Å². The molecule has 0 fully saturated rings. The molecule has 2 aromatic rings. The maximum atomic E-state index is 7.32. The van der Waals surface area contributed by atoms with E-state index >= 15 is 0 Å². The summed E-state index contributed by atoms with van der Waals surface area (Å²) in [5.41, 5.74) is 1.59. The first-order valence-corrected chi connectivity index (χ1v) is 4.63. The largest absolute Gasteiger partial charge is 0.593 e. The van der Waals surface area contributed by atoms with Crippen molar-refractivity contribution < 1.29 is 5.11 Å². The highest BCUT2D eigenvalue weighted by Crippen LogP contribution is 2.19. The molecule has 0 aromatic heterocycles. The molecule has 0 amide bonds. The highest BCUT2D eigenvalue weighted by Gasteiger charge is 1.92. The van der Waals surface area contributed by atoms with Gasteiger partial charge in [0.1, 0.15) is 0 Å². The molecule has 0 aliphatic heterocycles. The topological polar surface area (TPSA) is 47.6 Å². The second-order valence-electron chi connectivity index (χ2n) is 3.08. The molecule has 0 aliphatic carbocycles. The Kier molecular flexibility index (Phi) is 2.74. The minimum atomic E-state index is 0.480. The van der Waals surface area contributed by atoms with Crippen LogP contribution in [-0.4, -0.2) is 5.11 Å². The van der Waals surface area contributed by atoms with Crippen LogP contribution in [0.3, 0.4) is 0 Å². The zero-order valence-corrected chi connectivity index (χ0v) is 8.09. The summed E-state index contributed by atoms with van der Waals surface area (Å²) in [6, 6.07) is 16.5. The minimum Gasteiger partial charge on any atom is -0.593 e. The minimum absolute atomic E-state index is 0.480. The molecule has 3 heteroatoms. The van der Waals surface area contributed by atoms with Gasteiger partial charge in [0.25, 0.3) is 5.75 Å². The van der Waals surface area contributed by atoms with Crippen LogP contribution in [0.2, 0.25) is 0 Å². The maximum absolute atomic E-state index is 7.32. The maximum Gasteiger partial charge on any atom is 0.253 e. The van der Waals surface area contributed by atoms with Gasteiger partial charge in [0, 0.05) is 12.1 Å². The van der Waals surface area contributed by atoms with Gasteiger partial charge >= 0.3 is 0 Å². The van der Waals surface area contributed by atoms with Gasteiger partial charge in [-0.05, 0) is 24.3 Å². The molecule has 74 valence electrons. The predicted octanol–water partition coefficient (Wildman–Crippen LogP) is 3.54. The molecule has 0 saturated carbocycles. The van der Waals surface area contributed by atoms with Gasteiger partial charge in [-0.15, -0.1) is 0 Å². The second-order valence-corrected chi connectivity index (χ2v) is 3.08. The van der Waals surface area contributed by atoms with E-state index in [2.05, 4.69) is 10.2 Å². The molecule has 0 atom stereocenters. The second kappa shape index (κ2) is 4.37. The zero-order chi connectivity index (χ0) is 10.5. The fourth-order valence-corrected chi connectivity index (χ4v) is 1.14. The molecule has 15 heavy (non-hydrogen) atoms. The Morgan fingerprint density at radius 1 is 0.667 bits per heavy atom. The summed E-state index contributed by atoms with van der Waals surface area (Å²) < 4.78 is 0. The molecule has 2 N–H and O–H groups in total. The molecular weight excluding hydrogens is 188 g/mol. The van der Waals surface area contributed by atoms with Gasteiger partial charge in [0.2, 0.25) is 0 Å². The van der Waals surface area contributed by atoms with Crippen LogP contribution in [0.15, 0.2) is 64.8 Å². The molecule has 0 spiro atoms. The Bertz CT molecular complexity index is 449. The van der Waals surface area contributed by atoms with E-state index in [0.29, 0.717) is 5.75 Å². The van der Waals surface area contributed by atoms with Gasteiger partial charge in [-0.3, -0.25) is 0 Å². The number of hydrogen-bond acceptors (Lipinski definition) is 2. The Balaban J connectivity index is 2.15. The lowest BCUT2D eigenvalue weighted by atomic mass is 10.3. The van der Waals surface area contributed by atoms with Crippen LogP contribution in [0.25, 0.3) is 0 Å². The molecule has 2 rings (SSSR count). The van der Waals surface area contributed by atoms with Crippen LogP contribution in [0.5, 0.6) is 5.75 Å². The average Bonchev–Trinajstić information content (AvgIpc) is 2.30. The van der Waals surface area contributed by atoms with Crippen molar-refractivity contribution in [3.05, 3.63) is 54.6 Å². The van der Waals surface area contributed by atoms with Crippen LogP contribution in [-0.2, 0) is 0 Å². The fourth-order valence-electron chi connectivity index (χ4n) is 1.14. The van der Waals surface area contributed by atoms with Crippen LogP contribution in [0.1, 0.15) is 0 Å². The molecule has 0 aliphatic rings. The monoisotopic (exact) mass is 199 g/mol. The van der Waals surface area contributed by atoms with Crippen molar-refractivity contribution in [1.82, 2.24) is 0 Å². The normalized spacial score (nSPS) is 10.7. The summed E-state index contributed by atoms with van der Waals surface area (Å²) in [6.07, 6.45) is 0. The Labute approximate surface area is 87.7 Å². The molecule has 0 unspecified atom stereocenters. The van der Waals surface area contributed by atoms with Crippen molar-refractivity contribution in [2.45, 2.75) is 0 Å². The van der Waals surface area contributed by atoms with Gasteiger partial charge in [-0.2, -0.15) is 10.2 Å². The van der Waals surface area contributed by atoms with Crippen LogP contribution in [0.4, 0.5) is 11.4 Å². The van der Waals surface area contributed by atoms with E-state index in [4.69, 9.17) is 5.11 Å². The third-order valence-electron chi connectivity index (χ3n) is 1.90. The van der Waals surface area contributed by atoms with Gasteiger partial charge in [-0.25, -0.2) is 0 Å². The van der Waals surface area contributed by atoms with Gasteiger partial charge in [0.05, 0.1) is 11.4 Å². The third-order valence-corrected chi connectivity index (χ3v) is 1.90. The molecule has 0 saturated heterocycles. The Morgan fingerprint density at radius 3 is 1.80 bits per heavy atom. The summed E-state index contributed by atoms with van der Waals surface area (Å²) in [5, 5.41) is 15.4. The van der Waals surface area contributed by atoms with E-state index < -0.39 is 0 Å². The summed E-state index contributed by atoms with van der Waals surface area (Å²) in [7, 11) is 0. The highest BCUT2D eigenvalue weighted by atomic mass is 16.3. The smallest absolute Gasteiger partial charge is 0.253 e. The van der Waals surface area contributed by atoms with Crippen molar-refractivity contribution in [3.8, 4) is 5.75 Å². The number of azo groups is 1. The lowest BCUT2D eigenvalue weighted by Crippen LogP contribution is -1.64. The quantitative estimate of drug-likeness (QED) is 0.524. The third kappa shape index (κ3) is 2.64. The van der Waals surface area contributed by atoms with E-state index in [-0.39, 0.29) is 0 Å². The van der Waals surface area contributed by atoms with E-state index in [9.17, 15) is 0 Å². The molecule has 0 bridgehead atoms. The van der Waals surface area contributed by atoms with E-state index in [1.807, 2.05) is 30.3 Å². The summed E-state index contributed by atoms with van der Waals surface area (Å²) in [6.45, 7) is 0. The van der Waals surface area contributed by atoms with E-state index in [1.54, 1.807) is 24.3 Å². The molecule has 0 heterocycles. The molecule has 0 radical (unpaired) electrons. The van der Waals surface area contributed by atoms with Crippen molar-refractivity contribution in [1.29, 1.82) is 0 Å². The first-order valence-electron chi connectivity index (χ1n) is 4.63. The SMILES string of the molecule is [OH2+]c1ccc(N=Nc2ccccc2)cc1. The molecular formula is C12H11N2O+. The number of benzene rings is 2. The standard InChI is InChI=1S/C12H10N2O/c15-12-8-6-11(7-9-12)14-13-10-4-2-1-3-5-10/h1-9,15H/p+1. The zero-order valence-electron chi connectivity index (χ0n) is 8.09. The van der Waals surface area contributed by atoms with Gasteiger partial charge in [-0.1, -0.05) is 18.2 Å². The highest BCUT2D eigenvalue weighted by molar-refractivity contribution is 5.42. The van der Waals surface area contributed by atoms with Gasteiger partial charge < -0.3 is 5.11 Å². The first kappa shape index (κ1) is 9.40. The fraction of sp³-hybridized carbons (Fsp3) is 0. The summed E-state index contributed by atoms with van der Waals surface area (Å²) >= 11 is 0. The molecule has 3 nitrogen and oxygen atoms in total. The van der Waals surface area contributed by atoms with Crippen LogP contribution in [0, 0.1) is 0 Å². The van der Waals surface area contributed by atoms with Gasteiger partial charge in [0.15, 0.2) is 0 Å². The summed E-state index contributed by atoms with van der Waals surface area (Å²) in [4.78, 5) is 0. The summed E-state index contributed by atoms with van der Waals surface area (Å²) in [5.74, 6) is 0.480. The number of rotatable bonds is 2. The number of hydrogen-bond donors (Lipinski definition) is 0. The lowest BCUT2D eigenvalue weighted by molar-refractivity contribution is 0.475. The molecule has 2 aromatic carbocycles. The van der Waals surface area contributed by atoms with Crippen LogP contribution >= 0.6 is 0 Å². The predicted molar refractivity (Wildman–Crippen MR) is 60.1 cm³/mol. The van der Waals surface area contributed by atoms with E-state index in [0.717, 1.165) is 11.4 Å². The van der Waals surface area contributed by atoms with E-state index in [1.165, 1.54) is 0 Å². The first-order chi connectivity index (χ1) is 7.34. The van der Waals surface area contributed by atoms with Crippen molar-refractivity contribution in [2.75, 3.05) is 0 Å².